The second kappa shape index (κ2) is 6.55. The van der Waals surface area contributed by atoms with Gasteiger partial charge in [-0.3, -0.25) is 10.1 Å². The minimum absolute atomic E-state index is 0.00620. The van der Waals surface area contributed by atoms with Crippen LogP contribution in [-0.2, 0) is 5.54 Å². The molecule has 2 aromatic carbocycles. The minimum atomic E-state index is -4.69. The Morgan fingerprint density at radius 3 is 2.08 bits per heavy atom. The van der Waals surface area contributed by atoms with Gasteiger partial charge in [0.1, 0.15) is 0 Å². The molecule has 8 heteroatoms. The summed E-state index contributed by atoms with van der Waals surface area (Å²) in [5, 5.41) is 13.3. The van der Waals surface area contributed by atoms with Crippen molar-refractivity contribution in [3.63, 3.8) is 0 Å². The molecule has 1 atom stereocenters. The molecule has 3 rings (SSSR count). The number of H-pyrrole nitrogens is 1. The molecule has 26 heavy (non-hydrogen) atoms. The first-order chi connectivity index (χ1) is 12.3. The molecule has 0 amide bonds. The average molecular weight is 361 g/mol. The van der Waals surface area contributed by atoms with Gasteiger partial charge in [-0.25, -0.2) is 0 Å². The number of hydrogen-bond donors (Lipinski definition) is 2. The molecular weight excluding hydrogens is 347 g/mol. The summed E-state index contributed by atoms with van der Waals surface area (Å²) in [5.74, 6) is 0. The maximum atomic E-state index is 14.3. The van der Waals surface area contributed by atoms with Crippen molar-refractivity contribution < 1.29 is 18.1 Å². The Morgan fingerprint density at radius 1 is 0.923 bits per heavy atom. The van der Waals surface area contributed by atoms with Crippen molar-refractivity contribution in [2.75, 3.05) is 5.32 Å². The van der Waals surface area contributed by atoms with E-state index in [1.807, 2.05) is 0 Å². The number of nitrogens with one attached hydrogen (secondary N) is 2. The highest BCUT2D eigenvalue weighted by Gasteiger charge is 2.58. The predicted octanol–water partition coefficient (Wildman–Crippen LogP) is 4.84. The van der Waals surface area contributed by atoms with Gasteiger partial charge in [0.25, 0.3) is 5.69 Å². The zero-order valence-corrected chi connectivity index (χ0v) is 13.3. The Bertz CT molecular complexity index is 878. The predicted molar refractivity (Wildman–Crippen MR) is 90.8 cm³/mol. The lowest BCUT2D eigenvalue weighted by Gasteiger charge is -2.37. The molecule has 0 saturated heterocycles. The molecule has 3 aromatic rings. The molecule has 0 unspecified atom stereocenters. The number of anilines is 1. The van der Waals surface area contributed by atoms with Crippen LogP contribution in [0.3, 0.4) is 0 Å². The Labute approximate surface area is 146 Å². The fraction of sp³-hybridized carbons (Fsp3) is 0.111. The lowest BCUT2D eigenvalue weighted by atomic mass is 9.85. The lowest BCUT2D eigenvalue weighted by Crippen LogP contribution is -2.50. The van der Waals surface area contributed by atoms with Crippen molar-refractivity contribution in [2.45, 2.75) is 11.7 Å². The third kappa shape index (κ3) is 3.01. The van der Waals surface area contributed by atoms with E-state index in [4.69, 9.17) is 0 Å². The third-order valence-corrected chi connectivity index (χ3v) is 4.04. The van der Waals surface area contributed by atoms with Gasteiger partial charge in [0.15, 0.2) is 5.54 Å². The standard InChI is InChI=1S/C18H14F3N3O2/c19-18(20,21)17(16-7-4-12-22-16,13-5-2-1-3-6-13)23-14-8-10-15(11-9-14)24(25)26/h1-12,22-23H/t17-/m1/s1. The van der Waals surface area contributed by atoms with Crippen LogP contribution in [0.25, 0.3) is 0 Å². The van der Waals surface area contributed by atoms with Crippen LogP contribution in [0.1, 0.15) is 11.3 Å². The van der Waals surface area contributed by atoms with E-state index in [1.54, 1.807) is 6.07 Å². The molecule has 2 N–H and O–H groups in total. The van der Waals surface area contributed by atoms with Gasteiger partial charge in [0.05, 0.1) is 10.6 Å². The van der Waals surface area contributed by atoms with Gasteiger partial charge in [0.2, 0.25) is 0 Å². The highest BCUT2D eigenvalue weighted by Crippen LogP contribution is 2.46. The molecule has 134 valence electrons. The number of alkyl halides is 3. The Morgan fingerprint density at radius 2 is 1.58 bits per heavy atom. The van der Waals surface area contributed by atoms with E-state index in [1.165, 1.54) is 54.7 Å². The fourth-order valence-electron chi connectivity index (χ4n) is 2.82. The number of nitrogens with zero attached hydrogens (tertiary/aromatic N) is 1. The Balaban J connectivity index is 2.16. The number of nitro benzene ring substituents is 1. The van der Waals surface area contributed by atoms with E-state index >= 15 is 0 Å². The first-order valence-corrected chi connectivity index (χ1v) is 7.63. The zero-order valence-electron chi connectivity index (χ0n) is 13.3. The maximum absolute atomic E-state index is 14.3. The van der Waals surface area contributed by atoms with E-state index in [0.29, 0.717) is 0 Å². The summed E-state index contributed by atoms with van der Waals surface area (Å²) in [7, 11) is 0. The molecule has 0 spiro atoms. The molecule has 0 saturated carbocycles. The van der Waals surface area contributed by atoms with Crippen LogP contribution in [0, 0.1) is 10.1 Å². The van der Waals surface area contributed by atoms with Gasteiger partial charge in [-0.05, 0) is 29.8 Å². The van der Waals surface area contributed by atoms with Gasteiger partial charge in [0, 0.05) is 24.0 Å². The number of aromatic nitrogens is 1. The number of aromatic amines is 1. The number of benzene rings is 2. The molecule has 0 aliphatic heterocycles. The second-order valence-electron chi connectivity index (χ2n) is 5.63. The summed E-state index contributed by atoms with van der Waals surface area (Å²) in [6, 6.07) is 15.1. The van der Waals surface area contributed by atoms with E-state index in [9.17, 15) is 23.3 Å². The van der Waals surface area contributed by atoms with E-state index < -0.39 is 16.6 Å². The van der Waals surface area contributed by atoms with Gasteiger partial charge in [-0.2, -0.15) is 13.2 Å². The molecule has 1 aromatic heterocycles. The first-order valence-electron chi connectivity index (χ1n) is 7.63. The number of non-ortho nitro benzene ring substituents is 1. The van der Waals surface area contributed by atoms with Crippen LogP contribution >= 0.6 is 0 Å². The van der Waals surface area contributed by atoms with Crippen molar-refractivity contribution >= 4 is 11.4 Å². The van der Waals surface area contributed by atoms with Crippen molar-refractivity contribution in [2.24, 2.45) is 0 Å². The molecule has 1 heterocycles. The Hall–Kier alpha value is -3.29. The van der Waals surface area contributed by atoms with Gasteiger partial charge < -0.3 is 10.3 Å². The molecular formula is C18H14F3N3O2. The third-order valence-electron chi connectivity index (χ3n) is 4.04. The van der Waals surface area contributed by atoms with Crippen molar-refractivity contribution in [1.29, 1.82) is 0 Å². The van der Waals surface area contributed by atoms with Crippen molar-refractivity contribution in [3.8, 4) is 0 Å². The zero-order chi connectivity index (χ0) is 18.8. The summed E-state index contributed by atoms with van der Waals surface area (Å²) < 4.78 is 43.0. The van der Waals surface area contributed by atoms with E-state index in [2.05, 4.69) is 10.3 Å². The SMILES string of the molecule is O=[N+]([O-])c1ccc(N[C@](c2ccccc2)(c2ccc[nH]2)C(F)(F)F)cc1. The highest BCUT2D eigenvalue weighted by molar-refractivity contribution is 5.55. The topological polar surface area (TPSA) is 71.0 Å². The molecule has 0 aliphatic carbocycles. The summed E-state index contributed by atoms with van der Waals surface area (Å²) in [4.78, 5) is 12.8. The van der Waals surface area contributed by atoms with Gasteiger partial charge in [-0.1, -0.05) is 30.3 Å². The van der Waals surface area contributed by atoms with Crippen LogP contribution in [0.15, 0.2) is 72.9 Å². The summed E-state index contributed by atoms with van der Waals surface area (Å²) in [6.07, 6.45) is -3.28. The largest absolute Gasteiger partial charge is 0.421 e. The quantitative estimate of drug-likeness (QED) is 0.504. The number of rotatable bonds is 5. The maximum Gasteiger partial charge on any atom is 0.421 e. The monoisotopic (exact) mass is 361 g/mol. The van der Waals surface area contributed by atoms with E-state index in [0.717, 1.165) is 12.1 Å². The number of halogens is 3. The molecule has 0 bridgehead atoms. The molecule has 0 fully saturated rings. The van der Waals surface area contributed by atoms with E-state index in [-0.39, 0.29) is 22.6 Å². The van der Waals surface area contributed by atoms with Crippen LogP contribution in [0.2, 0.25) is 0 Å². The van der Waals surface area contributed by atoms with Crippen molar-refractivity contribution in [3.05, 3.63) is 94.3 Å². The fourth-order valence-corrected chi connectivity index (χ4v) is 2.82. The highest BCUT2D eigenvalue weighted by atomic mass is 19.4. The van der Waals surface area contributed by atoms with Crippen LogP contribution in [-0.4, -0.2) is 16.1 Å². The van der Waals surface area contributed by atoms with Crippen LogP contribution in [0.5, 0.6) is 0 Å². The lowest BCUT2D eigenvalue weighted by molar-refractivity contribution is -0.384. The number of nitro groups is 1. The average Bonchev–Trinajstić information content (AvgIpc) is 3.14. The smallest absolute Gasteiger partial charge is 0.363 e. The van der Waals surface area contributed by atoms with Gasteiger partial charge in [-0.15, -0.1) is 0 Å². The molecule has 0 radical (unpaired) electrons. The normalized spacial score (nSPS) is 13.8. The molecule has 5 nitrogen and oxygen atoms in total. The molecule has 0 aliphatic rings. The van der Waals surface area contributed by atoms with Crippen LogP contribution < -0.4 is 5.32 Å². The first kappa shape index (κ1) is 17.5. The summed E-state index contributed by atoms with van der Waals surface area (Å²) in [6.45, 7) is 0. The minimum Gasteiger partial charge on any atom is -0.363 e. The summed E-state index contributed by atoms with van der Waals surface area (Å²) >= 11 is 0. The number of hydrogen-bond acceptors (Lipinski definition) is 3. The summed E-state index contributed by atoms with van der Waals surface area (Å²) in [5.41, 5.74) is -2.73. The van der Waals surface area contributed by atoms with Crippen LogP contribution in [0.4, 0.5) is 24.5 Å². The second-order valence-corrected chi connectivity index (χ2v) is 5.63. The Kier molecular flexibility index (Phi) is 4.41. The van der Waals surface area contributed by atoms with Gasteiger partial charge >= 0.3 is 6.18 Å². The van der Waals surface area contributed by atoms with Crippen molar-refractivity contribution in [1.82, 2.24) is 4.98 Å².